The summed E-state index contributed by atoms with van der Waals surface area (Å²) in [7, 11) is 0. The van der Waals surface area contributed by atoms with Gasteiger partial charge in [-0.1, -0.05) is 40.2 Å². The van der Waals surface area contributed by atoms with E-state index in [-0.39, 0.29) is 24.4 Å². The molecule has 0 spiro atoms. The van der Waals surface area contributed by atoms with E-state index in [0.717, 1.165) is 22.0 Å². The van der Waals surface area contributed by atoms with E-state index in [4.69, 9.17) is 10.00 Å². The fourth-order valence-electron chi connectivity index (χ4n) is 3.84. The zero-order valence-electron chi connectivity index (χ0n) is 13.4. The molecule has 126 valence electrons. The fraction of sp³-hybridized carbons (Fsp3) is 0.250. The molecule has 1 aliphatic carbocycles. The molecule has 2 aromatic rings. The van der Waals surface area contributed by atoms with Crippen LogP contribution in [-0.4, -0.2) is 6.61 Å². The number of benzene rings is 2. The summed E-state index contributed by atoms with van der Waals surface area (Å²) in [6, 6.07) is 13.2. The molecule has 0 saturated carbocycles. The number of nitriles is 1. The fourth-order valence-corrected chi connectivity index (χ4v) is 4.29. The van der Waals surface area contributed by atoms with Crippen LogP contribution in [0.4, 0.5) is 10.1 Å². The molecule has 0 fully saturated rings. The van der Waals surface area contributed by atoms with Crippen LogP contribution in [0.2, 0.25) is 0 Å². The van der Waals surface area contributed by atoms with E-state index in [9.17, 15) is 4.39 Å². The third-order valence-electron chi connectivity index (χ3n) is 4.93. The van der Waals surface area contributed by atoms with Crippen LogP contribution in [-0.2, 0) is 0 Å². The van der Waals surface area contributed by atoms with Gasteiger partial charge in [0.1, 0.15) is 17.6 Å². The van der Waals surface area contributed by atoms with Gasteiger partial charge in [0, 0.05) is 10.4 Å². The van der Waals surface area contributed by atoms with Crippen LogP contribution in [0.1, 0.15) is 29.5 Å². The molecule has 4 rings (SSSR count). The molecule has 1 heterocycles. The van der Waals surface area contributed by atoms with Gasteiger partial charge in [-0.25, -0.2) is 4.39 Å². The number of rotatable bonds is 3. The highest BCUT2D eigenvalue weighted by Gasteiger charge is 2.39. The van der Waals surface area contributed by atoms with Gasteiger partial charge in [0.05, 0.1) is 11.7 Å². The summed E-state index contributed by atoms with van der Waals surface area (Å²) in [5.41, 5.74) is 2.69. The predicted molar refractivity (Wildman–Crippen MR) is 98.0 cm³/mol. The largest absolute Gasteiger partial charge is 0.479 e. The van der Waals surface area contributed by atoms with Gasteiger partial charge in [0.15, 0.2) is 6.61 Å². The molecule has 25 heavy (non-hydrogen) atoms. The minimum atomic E-state index is -0.234. The Hall–Kier alpha value is -2.32. The SMILES string of the molecule is N#CCOc1ccc([C@@H]2Nc3c(F)cc(Br)cc3[C@H]3C=CC[C@@H]32)cc1. The Morgan fingerprint density at radius 3 is 2.84 bits per heavy atom. The number of halogens is 2. The van der Waals surface area contributed by atoms with E-state index in [2.05, 4.69) is 33.4 Å². The van der Waals surface area contributed by atoms with Crippen LogP contribution in [0.3, 0.4) is 0 Å². The third-order valence-corrected chi connectivity index (χ3v) is 5.39. The Bertz CT molecular complexity index is 873. The minimum absolute atomic E-state index is 0.0309. The van der Waals surface area contributed by atoms with Gasteiger partial charge in [-0.3, -0.25) is 0 Å². The lowest BCUT2D eigenvalue weighted by Crippen LogP contribution is -2.29. The molecule has 0 amide bonds. The third kappa shape index (κ3) is 2.91. The van der Waals surface area contributed by atoms with E-state index in [1.807, 2.05) is 36.4 Å². The first-order chi connectivity index (χ1) is 12.2. The second-order valence-corrected chi connectivity index (χ2v) is 7.26. The smallest absolute Gasteiger partial charge is 0.174 e. The number of anilines is 1. The molecule has 3 nitrogen and oxygen atoms in total. The van der Waals surface area contributed by atoms with E-state index >= 15 is 0 Å². The molecule has 0 unspecified atom stereocenters. The predicted octanol–water partition coefficient (Wildman–Crippen LogP) is 5.32. The molecule has 3 atom stereocenters. The molecular weight excluding hydrogens is 383 g/mol. The number of ether oxygens (including phenoxy) is 1. The molecule has 0 bridgehead atoms. The van der Waals surface area contributed by atoms with Gasteiger partial charge < -0.3 is 10.1 Å². The molecule has 0 aromatic heterocycles. The number of hydrogen-bond acceptors (Lipinski definition) is 3. The first-order valence-electron chi connectivity index (χ1n) is 8.19. The van der Waals surface area contributed by atoms with Crippen molar-refractivity contribution in [1.29, 1.82) is 5.26 Å². The van der Waals surface area contributed by atoms with Crippen molar-refractivity contribution in [3.63, 3.8) is 0 Å². The lowest BCUT2D eigenvalue weighted by molar-refractivity contribution is 0.367. The Morgan fingerprint density at radius 1 is 1.28 bits per heavy atom. The summed E-state index contributed by atoms with van der Waals surface area (Å²) in [5.74, 6) is 0.995. The summed E-state index contributed by atoms with van der Waals surface area (Å²) in [5, 5.41) is 12.0. The van der Waals surface area contributed by atoms with Crippen molar-refractivity contribution < 1.29 is 9.13 Å². The summed E-state index contributed by atoms with van der Waals surface area (Å²) in [4.78, 5) is 0. The normalized spacial score (nSPS) is 23.3. The molecule has 0 radical (unpaired) electrons. The topological polar surface area (TPSA) is 45.0 Å². The van der Waals surface area contributed by atoms with Gasteiger partial charge in [0.2, 0.25) is 0 Å². The summed E-state index contributed by atoms with van der Waals surface area (Å²) >= 11 is 3.40. The van der Waals surface area contributed by atoms with Crippen LogP contribution >= 0.6 is 15.9 Å². The van der Waals surface area contributed by atoms with Gasteiger partial charge >= 0.3 is 0 Å². The Labute approximate surface area is 154 Å². The van der Waals surface area contributed by atoms with Crippen LogP contribution in [0, 0.1) is 23.1 Å². The molecule has 2 aromatic carbocycles. The quantitative estimate of drug-likeness (QED) is 0.711. The van der Waals surface area contributed by atoms with Gasteiger partial charge in [-0.05, 0) is 47.7 Å². The van der Waals surface area contributed by atoms with Crippen molar-refractivity contribution >= 4 is 21.6 Å². The summed E-state index contributed by atoms with van der Waals surface area (Å²) < 4.78 is 20.6. The molecule has 1 N–H and O–H groups in total. The Kier molecular flexibility index (Phi) is 4.22. The highest BCUT2D eigenvalue weighted by molar-refractivity contribution is 9.10. The maximum atomic E-state index is 14.5. The number of nitrogens with one attached hydrogen (secondary N) is 1. The second-order valence-electron chi connectivity index (χ2n) is 6.34. The zero-order chi connectivity index (χ0) is 17.4. The number of fused-ring (bicyclic) bond motifs is 3. The zero-order valence-corrected chi connectivity index (χ0v) is 15.0. The Balaban J connectivity index is 1.68. The van der Waals surface area contributed by atoms with Crippen molar-refractivity contribution in [3.8, 4) is 11.8 Å². The highest BCUT2D eigenvalue weighted by Crippen LogP contribution is 2.51. The van der Waals surface area contributed by atoms with Crippen molar-refractivity contribution in [2.24, 2.45) is 5.92 Å². The molecular formula is C20H16BrFN2O. The van der Waals surface area contributed by atoms with E-state index in [0.29, 0.717) is 17.4 Å². The standard InChI is InChI=1S/C20H16BrFN2O/c21-13-10-17-15-2-1-3-16(15)19(24-20(17)18(22)11-13)12-4-6-14(7-5-12)25-9-8-23/h1-2,4-7,10-11,15-16,19,24H,3,9H2/t15-,16-,19-/m0/s1. The Morgan fingerprint density at radius 2 is 2.08 bits per heavy atom. The summed E-state index contributed by atoms with van der Waals surface area (Å²) in [6.07, 6.45) is 5.33. The summed E-state index contributed by atoms with van der Waals surface area (Å²) in [6.45, 7) is 0.0309. The van der Waals surface area contributed by atoms with Crippen molar-refractivity contribution in [1.82, 2.24) is 0 Å². The number of nitrogens with zero attached hydrogens (tertiary/aromatic N) is 1. The first kappa shape index (κ1) is 16.2. The molecule has 2 aliphatic rings. The maximum absolute atomic E-state index is 14.5. The van der Waals surface area contributed by atoms with Gasteiger partial charge in [-0.2, -0.15) is 5.26 Å². The van der Waals surface area contributed by atoms with Gasteiger partial charge in [-0.15, -0.1) is 0 Å². The average Bonchev–Trinajstić information content (AvgIpc) is 3.10. The first-order valence-corrected chi connectivity index (χ1v) is 8.98. The van der Waals surface area contributed by atoms with Crippen LogP contribution in [0.25, 0.3) is 0 Å². The second kappa shape index (κ2) is 6.53. The van der Waals surface area contributed by atoms with E-state index < -0.39 is 0 Å². The molecule has 0 saturated heterocycles. The number of allylic oxidation sites excluding steroid dienone is 2. The number of hydrogen-bond donors (Lipinski definition) is 1. The van der Waals surface area contributed by atoms with Crippen LogP contribution in [0.15, 0.2) is 53.0 Å². The van der Waals surface area contributed by atoms with Gasteiger partial charge in [0.25, 0.3) is 0 Å². The van der Waals surface area contributed by atoms with Crippen molar-refractivity contribution in [3.05, 3.63) is 70.0 Å². The van der Waals surface area contributed by atoms with Crippen LogP contribution < -0.4 is 10.1 Å². The molecule has 1 aliphatic heterocycles. The molecule has 5 heteroatoms. The van der Waals surface area contributed by atoms with Crippen molar-refractivity contribution in [2.45, 2.75) is 18.4 Å². The lowest BCUT2D eigenvalue weighted by atomic mass is 9.77. The average molecular weight is 399 g/mol. The lowest BCUT2D eigenvalue weighted by Gasteiger charge is -2.37. The monoisotopic (exact) mass is 398 g/mol. The van der Waals surface area contributed by atoms with E-state index in [1.165, 1.54) is 6.07 Å². The van der Waals surface area contributed by atoms with Crippen molar-refractivity contribution in [2.75, 3.05) is 11.9 Å². The van der Waals surface area contributed by atoms with Crippen LogP contribution in [0.5, 0.6) is 5.75 Å². The highest BCUT2D eigenvalue weighted by atomic mass is 79.9. The maximum Gasteiger partial charge on any atom is 0.174 e. The minimum Gasteiger partial charge on any atom is -0.479 e. The van der Waals surface area contributed by atoms with E-state index in [1.54, 1.807) is 0 Å².